The van der Waals surface area contributed by atoms with Crippen molar-refractivity contribution in [3.8, 4) is 0 Å². The first kappa shape index (κ1) is 6.20. The fourth-order valence-corrected chi connectivity index (χ4v) is 2.22. The fraction of sp³-hybridized carbons (Fsp3) is 0.875. The van der Waals surface area contributed by atoms with Crippen molar-refractivity contribution in [3.05, 3.63) is 0 Å². The quantitative estimate of drug-likeness (QED) is 0.493. The smallest absolute Gasteiger partial charge is 0.223 e. The summed E-state index contributed by atoms with van der Waals surface area (Å²) in [6, 6.07) is 0. The maximum absolute atomic E-state index is 11.2. The number of carbonyl (C=O) groups is 1. The van der Waals surface area contributed by atoms with Crippen molar-refractivity contribution >= 4 is 5.91 Å². The van der Waals surface area contributed by atoms with Crippen molar-refractivity contribution in [3.63, 3.8) is 0 Å². The van der Waals surface area contributed by atoms with Gasteiger partial charge in [0.2, 0.25) is 5.91 Å². The second-order valence-corrected chi connectivity index (χ2v) is 3.65. The lowest BCUT2D eigenvalue weighted by Gasteiger charge is -2.26. The fourth-order valence-electron chi connectivity index (χ4n) is 2.22. The summed E-state index contributed by atoms with van der Waals surface area (Å²) in [5.41, 5.74) is 0.261. The zero-order valence-electron chi connectivity index (χ0n) is 6.39. The first-order valence-corrected chi connectivity index (χ1v) is 4.03. The van der Waals surface area contributed by atoms with Crippen molar-refractivity contribution in [1.82, 2.24) is 4.90 Å². The van der Waals surface area contributed by atoms with Gasteiger partial charge in [-0.25, -0.2) is 0 Å². The second-order valence-electron chi connectivity index (χ2n) is 3.65. The Labute approximate surface area is 61.2 Å². The maximum Gasteiger partial charge on any atom is 0.223 e. The van der Waals surface area contributed by atoms with E-state index < -0.39 is 0 Å². The summed E-state index contributed by atoms with van der Waals surface area (Å²) >= 11 is 0. The van der Waals surface area contributed by atoms with Crippen LogP contribution in [0.1, 0.15) is 32.6 Å². The number of rotatable bonds is 0. The number of fused-ring (bicyclic) bond motifs is 1. The summed E-state index contributed by atoms with van der Waals surface area (Å²) in [4.78, 5) is 13.2. The van der Waals surface area contributed by atoms with E-state index in [1.54, 1.807) is 0 Å². The van der Waals surface area contributed by atoms with Crippen LogP contribution in [0.25, 0.3) is 0 Å². The molecule has 0 bridgehead atoms. The van der Waals surface area contributed by atoms with Gasteiger partial charge in [0.05, 0.1) is 0 Å². The maximum atomic E-state index is 11.2. The van der Waals surface area contributed by atoms with Gasteiger partial charge in [0.1, 0.15) is 0 Å². The lowest BCUT2D eigenvalue weighted by molar-refractivity contribution is -0.129. The lowest BCUT2D eigenvalue weighted by Crippen LogP contribution is -2.37. The predicted octanol–water partition coefficient (Wildman–Crippen LogP) is 1.16. The summed E-state index contributed by atoms with van der Waals surface area (Å²) in [5.74, 6) is 0.375. The lowest BCUT2D eigenvalue weighted by atomic mass is 9.97. The highest BCUT2D eigenvalue weighted by atomic mass is 16.2. The summed E-state index contributed by atoms with van der Waals surface area (Å²) in [5, 5.41) is 0. The van der Waals surface area contributed by atoms with Crippen molar-refractivity contribution in [2.24, 2.45) is 0 Å². The second kappa shape index (κ2) is 1.74. The van der Waals surface area contributed by atoms with Crippen molar-refractivity contribution in [1.29, 1.82) is 0 Å². The summed E-state index contributed by atoms with van der Waals surface area (Å²) < 4.78 is 0. The molecule has 10 heavy (non-hydrogen) atoms. The Kier molecular flexibility index (Phi) is 1.08. The third-order valence-corrected chi connectivity index (χ3v) is 2.93. The Balaban J connectivity index is 2.27. The van der Waals surface area contributed by atoms with E-state index in [4.69, 9.17) is 0 Å². The Morgan fingerprint density at radius 3 is 3.00 bits per heavy atom. The molecule has 0 radical (unpaired) electrons. The molecule has 0 aromatic heterocycles. The van der Waals surface area contributed by atoms with Gasteiger partial charge in [-0.2, -0.15) is 0 Å². The van der Waals surface area contributed by atoms with Crippen molar-refractivity contribution < 1.29 is 4.79 Å². The molecule has 2 heterocycles. The van der Waals surface area contributed by atoms with Crippen molar-refractivity contribution in [2.45, 2.75) is 38.1 Å². The Bertz CT molecular complexity index is 178. The molecule has 0 aliphatic carbocycles. The highest BCUT2D eigenvalue weighted by molar-refractivity contribution is 5.80. The van der Waals surface area contributed by atoms with Gasteiger partial charge in [-0.15, -0.1) is 0 Å². The van der Waals surface area contributed by atoms with E-state index in [0.717, 1.165) is 19.4 Å². The molecule has 2 saturated heterocycles. The Morgan fingerprint density at radius 2 is 2.30 bits per heavy atom. The molecule has 2 rings (SSSR count). The van der Waals surface area contributed by atoms with Gasteiger partial charge in [0.15, 0.2) is 0 Å². The van der Waals surface area contributed by atoms with Gasteiger partial charge < -0.3 is 4.90 Å². The first-order chi connectivity index (χ1) is 4.72. The van der Waals surface area contributed by atoms with E-state index in [1.807, 2.05) is 0 Å². The molecule has 56 valence electrons. The van der Waals surface area contributed by atoms with Crippen LogP contribution in [0.5, 0.6) is 0 Å². The van der Waals surface area contributed by atoms with Crippen LogP contribution in [0.3, 0.4) is 0 Å². The van der Waals surface area contributed by atoms with Crippen LogP contribution in [0.4, 0.5) is 0 Å². The third kappa shape index (κ3) is 0.619. The van der Waals surface area contributed by atoms with E-state index >= 15 is 0 Å². The van der Waals surface area contributed by atoms with Gasteiger partial charge in [0.25, 0.3) is 0 Å². The predicted molar refractivity (Wildman–Crippen MR) is 38.6 cm³/mol. The molecule has 2 aliphatic heterocycles. The molecule has 0 saturated carbocycles. The normalized spacial score (nSPS) is 38.9. The minimum atomic E-state index is 0.261. The van der Waals surface area contributed by atoms with Gasteiger partial charge in [-0.05, 0) is 26.2 Å². The summed E-state index contributed by atoms with van der Waals surface area (Å²) in [7, 11) is 0. The van der Waals surface area contributed by atoms with Crippen LogP contribution in [-0.4, -0.2) is 22.9 Å². The van der Waals surface area contributed by atoms with E-state index in [1.165, 1.54) is 12.8 Å². The molecule has 0 aromatic rings. The average Bonchev–Trinajstić information content (AvgIpc) is 2.35. The molecular formula is C8H13NO. The van der Waals surface area contributed by atoms with E-state index in [2.05, 4.69) is 11.8 Å². The van der Waals surface area contributed by atoms with Crippen LogP contribution >= 0.6 is 0 Å². The van der Waals surface area contributed by atoms with Gasteiger partial charge in [0, 0.05) is 18.5 Å². The number of nitrogens with zero attached hydrogens (tertiary/aromatic N) is 1. The average molecular weight is 139 g/mol. The van der Waals surface area contributed by atoms with E-state index in [9.17, 15) is 4.79 Å². The van der Waals surface area contributed by atoms with Gasteiger partial charge in [-0.1, -0.05) is 0 Å². The highest BCUT2D eigenvalue weighted by Gasteiger charge is 2.44. The number of amides is 1. The van der Waals surface area contributed by atoms with Crippen molar-refractivity contribution in [2.75, 3.05) is 6.54 Å². The van der Waals surface area contributed by atoms with E-state index in [0.29, 0.717) is 5.91 Å². The minimum absolute atomic E-state index is 0.261. The molecule has 0 N–H and O–H groups in total. The molecular weight excluding hydrogens is 126 g/mol. The van der Waals surface area contributed by atoms with E-state index in [-0.39, 0.29) is 5.54 Å². The number of hydrogen-bond acceptors (Lipinski definition) is 1. The molecule has 2 aliphatic rings. The third-order valence-electron chi connectivity index (χ3n) is 2.93. The monoisotopic (exact) mass is 139 g/mol. The zero-order valence-corrected chi connectivity index (χ0v) is 6.39. The largest absolute Gasteiger partial charge is 0.337 e. The zero-order chi connectivity index (χ0) is 7.19. The molecule has 2 fully saturated rings. The molecule has 2 heteroatoms. The summed E-state index contributed by atoms with van der Waals surface area (Å²) in [6.45, 7) is 3.22. The molecule has 0 aromatic carbocycles. The molecule has 1 atom stereocenters. The van der Waals surface area contributed by atoms with Crippen LogP contribution in [0, 0.1) is 0 Å². The Hall–Kier alpha value is -0.530. The van der Waals surface area contributed by atoms with Crippen LogP contribution in [0.2, 0.25) is 0 Å². The first-order valence-electron chi connectivity index (χ1n) is 4.03. The van der Waals surface area contributed by atoms with Crippen LogP contribution in [0.15, 0.2) is 0 Å². The van der Waals surface area contributed by atoms with Crippen LogP contribution in [-0.2, 0) is 4.79 Å². The number of hydrogen-bond donors (Lipinski definition) is 0. The minimum Gasteiger partial charge on any atom is -0.337 e. The summed E-state index contributed by atoms with van der Waals surface area (Å²) in [6.07, 6.45) is 4.31. The molecule has 1 unspecified atom stereocenters. The molecule has 1 amide bonds. The topological polar surface area (TPSA) is 20.3 Å². The molecule has 0 spiro atoms. The number of carbonyl (C=O) groups excluding carboxylic acids is 1. The van der Waals surface area contributed by atoms with Crippen LogP contribution < -0.4 is 0 Å². The van der Waals surface area contributed by atoms with Gasteiger partial charge >= 0.3 is 0 Å². The standard InChI is InChI=1S/C8H13NO/c1-8-4-2-6-9(8)7(10)3-5-8/h2-6H2,1H3. The van der Waals surface area contributed by atoms with Gasteiger partial charge in [-0.3, -0.25) is 4.79 Å². The Morgan fingerprint density at radius 1 is 1.50 bits per heavy atom. The molecule has 2 nitrogen and oxygen atoms in total. The SMILES string of the molecule is CC12CCCN1C(=O)CC2. The highest BCUT2D eigenvalue weighted by Crippen LogP contribution is 2.38.